The summed E-state index contributed by atoms with van der Waals surface area (Å²) in [5.41, 5.74) is 0.313. The summed E-state index contributed by atoms with van der Waals surface area (Å²) < 4.78 is 17.7. The molecule has 0 radical (unpaired) electrons. The highest BCUT2D eigenvalue weighted by atomic mass is 35.5. The first-order valence-corrected chi connectivity index (χ1v) is 6.41. The van der Waals surface area contributed by atoms with Crippen molar-refractivity contribution >= 4 is 34.9 Å². The smallest absolute Gasteiger partial charge is 0.308 e. The minimum absolute atomic E-state index is 0.0455. The van der Waals surface area contributed by atoms with Crippen molar-refractivity contribution in [1.29, 1.82) is 0 Å². The molecule has 19 heavy (non-hydrogen) atoms. The van der Waals surface area contributed by atoms with E-state index in [1.165, 1.54) is 0 Å². The van der Waals surface area contributed by atoms with Gasteiger partial charge in [0.15, 0.2) is 0 Å². The van der Waals surface area contributed by atoms with Crippen LogP contribution in [0.15, 0.2) is 12.1 Å². The molecule has 2 N–H and O–H groups in total. The number of anilines is 1. The quantitative estimate of drug-likeness (QED) is 0.793. The van der Waals surface area contributed by atoms with Crippen molar-refractivity contribution in [3.05, 3.63) is 28.0 Å². The molecule has 106 valence electrons. The van der Waals surface area contributed by atoms with Crippen molar-refractivity contribution < 1.29 is 19.0 Å². The fourth-order valence-corrected chi connectivity index (χ4v) is 2.01. The number of hydrogen-bond acceptors (Lipinski definition) is 4. The van der Waals surface area contributed by atoms with Crippen molar-refractivity contribution in [3.63, 3.8) is 0 Å². The number of halogens is 3. The van der Waals surface area contributed by atoms with E-state index in [1.807, 2.05) is 0 Å². The second-order valence-corrected chi connectivity index (χ2v) is 4.60. The molecule has 0 fully saturated rings. The number of ether oxygens (including phenoxy) is 1. The van der Waals surface area contributed by atoms with Gasteiger partial charge in [-0.2, -0.15) is 0 Å². The molecular formula is C12H14Cl2FNO3. The molecule has 0 aliphatic rings. The molecule has 0 heterocycles. The molecular weight excluding hydrogens is 296 g/mol. The summed E-state index contributed by atoms with van der Waals surface area (Å²) in [6.45, 7) is 1.99. The first-order chi connectivity index (χ1) is 8.93. The molecule has 0 aliphatic carbocycles. The largest absolute Gasteiger partial charge is 0.466 e. The summed E-state index contributed by atoms with van der Waals surface area (Å²) in [7, 11) is 0. The molecule has 0 saturated carbocycles. The van der Waals surface area contributed by atoms with Crippen LogP contribution in [0.3, 0.4) is 0 Å². The Bertz CT molecular complexity index is 434. The highest BCUT2D eigenvalue weighted by molar-refractivity contribution is 6.39. The van der Waals surface area contributed by atoms with Gasteiger partial charge in [0, 0.05) is 6.54 Å². The average Bonchev–Trinajstić information content (AvgIpc) is 2.27. The van der Waals surface area contributed by atoms with Crippen LogP contribution in [0.1, 0.15) is 13.3 Å². The van der Waals surface area contributed by atoms with E-state index in [0.29, 0.717) is 5.69 Å². The van der Waals surface area contributed by atoms with Gasteiger partial charge in [0.1, 0.15) is 5.82 Å². The standard InChI is InChI=1S/C12H14Cl2FNO3/c1-2-19-11(18)5-8(17)6-16-12-9(13)3-7(15)4-10(12)14/h3-4,8,16-17H,2,5-6H2,1H3. The van der Waals surface area contributed by atoms with Gasteiger partial charge in [0.05, 0.1) is 34.9 Å². The number of aliphatic hydroxyl groups excluding tert-OH is 1. The third-order valence-corrected chi connectivity index (χ3v) is 2.83. The van der Waals surface area contributed by atoms with E-state index >= 15 is 0 Å². The van der Waals surface area contributed by atoms with Crippen molar-refractivity contribution in [2.45, 2.75) is 19.4 Å². The fourth-order valence-electron chi connectivity index (χ4n) is 1.42. The van der Waals surface area contributed by atoms with Gasteiger partial charge in [0.25, 0.3) is 0 Å². The Morgan fingerprint density at radius 3 is 2.58 bits per heavy atom. The zero-order valence-corrected chi connectivity index (χ0v) is 11.8. The number of rotatable bonds is 6. The Morgan fingerprint density at radius 2 is 2.05 bits per heavy atom. The van der Waals surface area contributed by atoms with Crippen molar-refractivity contribution in [3.8, 4) is 0 Å². The lowest BCUT2D eigenvalue weighted by Gasteiger charge is -2.14. The lowest BCUT2D eigenvalue weighted by atomic mass is 10.2. The highest BCUT2D eigenvalue weighted by Gasteiger charge is 2.14. The maximum atomic E-state index is 13.0. The third kappa shape index (κ3) is 5.22. The molecule has 7 heteroatoms. The SMILES string of the molecule is CCOC(=O)CC(O)CNc1c(Cl)cc(F)cc1Cl. The third-order valence-electron chi connectivity index (χ3n) is 2.23. The molecule has 1 unspecified atom stereocenters. The molecule has 0 spiro atoms. The minimum Gasteiger partial charge on any atom is -0.466 e. The van der Waals surface area contributed by atoms with E-state index in [9.17, 15) is 14.3 Å². The van der Waals surface area contributed by atoms with Crippen LogP contribution in [0.4, 0.5) is 10.1 Å². The topological polar surface area (TPSA) is 58.6 Å². The van der Waals surface area contributed by atoms with Crippen molar-refractivity contribution in [2.75, 3.05) is 18.5 Å². The Labute approximate surface area is 120 Å². The molecule has 1 atom stereocenters. The Balaban J connectivity index is 2.55. The van der Waals surface area contributed by atoms with Crippen molar-refractivity contribution in [1.82, 2.24) is 0 Å². The van der Waals surface area contributed by atoms with Gasteiger partial charge in [-0.1, -0.05) is 23.2 Å². The van der Waals surface area contributed by atoms with E-state index in [4.69, 9.17) is 27.9 Å². The first-order valence-electron chi connectivity index (χ1n) is 5.66. The predicted octanol–water partition coefficient (Wildman–Crippen LogP) is 2.86. The van der Waals surface area contributed by atoms with E-state index < -0.39 is 17.9 Å². The van der Waals surface area contributed by atoms with Crippen LogP contribution in [0.25, 0.3) is 0 Å². The Hall–Kier alpha value is -1.04. The van der Waals surface area contributed by atoms with Gasteiger partial charge in [-0.05, 0) is 19.1 Å². The number of carbonyl (C=O) groups is 1. The van der Waals surface area contributed by atoms with Gasteiger partial charge in [0.2, 0.25) is 0 Å². The number of nitrogens with one attached hydrogen (secondary N) is 1. The van der Waals surface area contributed by atoms with Crippen LogP contribution in [0.2, 0.25) is 10.0 Å². The van der Waals surface area contributed by atoms with Crippen LogP contribution < -0.4 is 5.32 Å². The van der Waals surface area contributed by atoms with E-state index in [0.717, 1.165) is 12.1 Å². The predicted molar refractivity (Wildman–Crippen MR) is 72.2 cm³/mol. The normalized spacial score (nSPS) is 12.1. The monoisotopic (exact) mass is 309 g/mol. The molecule has 1 rings (SSSR count). The fraction of sp³-hybridized carbons (Fsp3) is 0.417. The van der Waals surface area contributed by atoms with E-state index in [1.54, 1.807) is 6.92 Å². The van der Waals surface area contributed by atoms with Crippen LogP contribution in [-0.2, 0) is 9.53 Å². The molecule has 0 aliphatic heterocycles. The Kier molecular flexibility index (Phi) is 6.34. The summed E-state index contributed by atoms with van der Waals surface area (Å²) in [6.07, 6.45) is -1.09. The second-order valence-electron chi connectivity index (χ2n) is 3.79. The molecule has 0 bridgehead atoms. The number of hydrogen-bond donors (Lipinski definition) is 2. The molecule has 0 aromatic heterocycles. The number of carbonyl (C=O) groups excluding carboxylic acids is 1. The van der Waals surface area contributed by atoms with Gasteiger partial charge in [-0.3, -0.25) is 4.79 Å². The molecule has 4 nitrogen and oxygen atoms in total. The molecule has 0 saturated heterocycles. The Morgan fingerprint density at radius 1 is 1.47 bits per heavy atom. The van der Waals surface area contributed by atoms with Crippen LogP contribution >= 0.6 is 23.2 Å². The van der Waals surface area contributed by atoms with Crippen molar-refractivity contribution in [2.24, 2.45) is 0 Å². The van der Waals surface area contributed by atoms with Gasteiger partial charge >= 0.3 is 5.97 Å². The van der Waals surface area contributed by atoms with Gasteiger partial charge in [-0.15, -0.1) is 0 Å². The summed E-state index contributed by atoms with van der Waals surface area (Å²) >= 11 is 11.6. The lowest BCUT2D eigenvalue weighted by Crippen LogP contribution is -2.24. The highest BCUT2D eigenvalue weighted by Crippen LogP contribution is 2.31. The van der Waals surface area contributed by atoms with Gasteiger partial charge in [-0.25, -0.2) is 4.39 Å². The molecule has 1 aromatic carbocycles. The molecule has 1 aromatic rings. The lowest BCUT2D eigenvalue weighted by molar-refractivity contribution is -0.145. The number of benzene rings is 1. The van der Waals surface area contributed by atoms with E-state index in [2.05, 4.69) is 5.32 Å². The minimum atomic E-state index is -0.948. The average molecular weight is 310 g/mol. The first kappa shape index (κ1) is 16.0. The molecule has 0 amide bonds. The summed E-state index contributed by atoms with van der Waals surface area (Å²) in [4.78, 5) is 11.1. The zero-order valence-electron chi connectivity index (χ0n) is 10.3. The maximum Gasteiger partial charge on any atom is 0.308 e. The zero-order chi connectivity index (χ0) is 14.4. The summed E-state index contributed by atoms with van der Waals surface area (Å²) in [6, 6.07) is 2.21. The summed E-state index contributed by atoms with van der Waals surface area (Å²) in [5.74, 6) is -1.04. The second kappa shape index (κ2) is 7.53. The number of esters is 1. The summed E-state index contributed by atoms with van der Waals surface area (Å²) in [5, 5.41) is 12.6. The van der Waals surface area contributed by atoms with Crippen LogP contribution in [0, 0.1) is 5.82 Å². The van der Waals surface area contributed by atoms with E-state index in [-0.39, 0.29) is 29.6 Å². The number of aliphatic hydroxyl groups is 1. The van der Waals surface area contributed by atoms with Crippen LogP contribution in [0.5, 0.6) is 0 Å². The van der Waals surface area contributed by atoms with Crippen LogP contribution in [-0.4, -0.2) is 30.3 Å². The maximum absolute atomic E-state index is 13.0. The van der Waals surface area contributed by atoms with Gasteiger partial charge < -0.3 is 15.2 Å².